The first-order valence-electron chi connectivity index (χ1n) is 11.1. The summed E-state index contributed by atoms with van der Waals surface area (Å²) in [7, 11) is 1.37. The Morgan fingerprint density at radius 3 is 2.47 bits per heavy atom. The lowest BCUT2D eigenvalue weighted by Gasteiger charge is -2.22. The van der Waals surface area contributed by atoms with Crippen molar-refractivity contribution in [2.24, 2.45) is 0 Å². The summed E-state index contributed by atoms with van der Waals surface area (Å²) < 4.78 is 15.9. The van der Waals surface area contributed by atoms with Crippen LogP contribution in [0.25, 0.3) is 0 Å². The number of hydrogen-bond acceptors (Lipinski definition) is 5. The number of carbonyl (C=O) groups excluding carboxylic acids is 1. The summed E-state index contributed by atoms with van der Waals surface area (Å²) in [6.45, 7) is 8.38. The van der Waals surface area contributed by atoms with Gasteiger partial charge >= 0.3 is 5.97 Å². The highest BCUT2D eigenvalue weighted by Crippen LogP contribution is 2.39. The molecule has 5 heteroatoms. The van der Waals surface area contributed by atoms with E-state index >= 15 is 0 Å². The van der Waals surface area contributed by atoms with Gasteiger partial charge in [-0.25, -0.2) is 4.79 Å². The number of ether oxygens (including phenoxy) is 3. The molecule has 2 aliphatic rings. The van der Waals surface area contributed by atoms with E-state index in [1.54, 1.807) is 19.9 Å². The Balaban J connectivity index is 0.000000448. The van der Waals surface area contributed by atoms with Crippen molar-refractivity contribution in [3.63, 3.8) is 0 Å². The molecule has 2 aliphatic heterocycles. The zero-order valence-corrected chi connectivity index (χ0v) is 19.6. The lowest BCUT2D eigenvalue weighted by atomic mass is 10.1. The molecule has 0 aliphatic carbocycles. The fraction of sp³-hybridized carbons (Fsp3) is 0.720. The Labute approximate surface area is 183 Å². The monoisotopic (exact) mass is 422 g/mol. The van der Waals surface area contributed by atoms with Gasteiger partial charge in [0.15, 0.2) is 5.79 Å². The molecule has 172 valence electrons. The Morgan fingerprint density at radius 2 is 2.00 bits per heavy atom. The third kappa shape index (κ3) is 14.4. The van der Waals surface area contributed by atoms with E-state index in [1.165, 1.54) is 45.3 Å². The summed E-state index contributed by atoms with van der Waals surface area (Å²) >= 11 is 0. The van der Waals surface area contributed by atoms with Crippen LogP contribution in [0.2, 0.25) is 0 Å². The molecule has 0 saturated carbocycles. The molecule has 2 unspecified atom stereocenters. The quantitative estimate of drug-likeness (QED) is 0.198. The summed E-state index contributed by atoms with van der Waals surface area (Å²) in [5.41, 5.74) is -0.931. The largest absolute Gasteiger partial charge is 0.466 e. The predicted molar refractivity (Wildman–Crippen MR) is 122 cm³/mol. The lowest BCUT2D eigenvalue weighted by molar-refractivity contribution is -0.198. The summed E-state index contributed by atoms with van der Waals surface area (Å²) in [6, 6.07) is 0. The molecule has 1 N–H and O–H groups in total. The van der Waals surface area contributed by atoms with E-state index in [9.17, 15) is 4.79 Å². The average molecular weight is 423 g/mol. The standard InChI is InChI=1S/C11H18O2.C9H16O2.C5H8O/c1-3-4-5-6-7-8-9-10-11(12)13-2;1-2-8-4-6-9(11-8)5-3-7-10-9;1-4-5(2,3)6/h7-10H,3-6H2,1-2H3;8H,2-7H2,1H3;1,6H,2-3H3/b8-7+,10-9+;;. The minimum atomic E-state index is -0.931. The molecule has 2 fully saturated rings. The molecule has 1 spiro atoms. The number of methoxy groups -OCH3 is 1. The third-order valence-electron chi connectivity index (χ3n) is 4.76. The Hall–Kier alpha value is -1.61. The molecule has 2 heterocycles. The molecule has 0 bridgehead atoms. The zero-order chi connectivity index (χ0) is 22.9. The first kappa shape index (κ1) is 28.4. The molecule has 0 amide bonds. The molecule has 0 aromatic carbocycles. The molecule has 2 atom stereocenters. The number of unbranched alkanes of at least 4 members (excludes halogenated alkanes) is 3. The van der Waals surface area contributed by atoms with E-state index in [2.05, 4.69) is 30.6 Å². The van der Waals surface area contributed by atoms with Crippen LogP contribution in [-0.2, 0) is 19.0 Å². The molecule has 0 aromatic heterocycles. The third-order valence-corrected chi connectivity index (χ3v) is 4.76. The lowest BCUT2D eigenvalue weighted by Crippen LogP contribution is -2.27. The summed E-state index contributed by atoms with van der Waals surface area (Å²) in [5, 5.41) is 8.59. The van der Waals surface area contributed by atoms with Gasteiger partial charge in [0, 0.05) is 18.9 Å². The Bertz CT molecular complexity index is 545. The van der Waals surface area contributed by atoms with E-state index in [0.717, 1.165) is 32.3 Å². The molecule has 0 radical (unpaired) electrons. The normalized spacial score (nSPS) is 23.0. The minimum Gasteiger partial charge on any atom is -0.466 e. The van der Waals surface area contributed by atoms with Gasteiger partial charge < -0.3 is 19.3 Å². The van der Waals surface area contributed by atoms with Crippen LogP contribution in [0, 0.1) is 12.3 Å². The maximum Gasteiger partial charge on any atom is 0.330 e. The van der Waals surface area contributed by atoms with Gasteiger partial charge in [0.2, 0.25) is 0 Å². The van der Waals surface area contributed by atoms with Crippen LogP contribution in [-0.4, -0.2) is 42.3 Å². The number of esters is 1. The zero-order valence-electron chi connectivity index (χ0n) is 19.6. The van der Waals surface area contributed by atoms with E-state index in [1.807, 2.05) is 6.08 Å². The molecule has 2 saturated heterocycles. The van der Waals surface area contributed by atoms with Crippen LogP contribution in [0.4, 0.5) is 0 Å². The first-order chi connectivity index (χ1) is 14.2. The van der Waals surface area contributed by atoms with Gasteiger partial charge in [-0.05, 0) is 46.0 Å². The molecule has 30 heavy (non-hydrogen) atoms. The van der Waals surface area contributed by atoms with Crippen LogP contribution >= 0.6 is 0 Å². The number of allylic oxidation sites excluding steroid dienone is 3. The molecule has 5 nitrogen and oxygen atoms in total. The molecule has 0 aromatic rings. The highest BCUT2D eigenvalue weighted by Gasteiger charge is 2.42. The van der Waals surface area contributed by atoms with Gasteiger partial charge in [-0.15, -0.1) is 6.42 Å². The van der Waals surface area contributed by atoms with Crippen molar-refractivity contribution in [2.75, 3.05) is 13.7 Å². The van der Waals surface area contributed by atoms with E-state index in [4.69, 9.17) is 21.0 Å². The Morgan fingerprint density at radius 1 is 1.30 bits per heavy atom. The second-order valence-corrected chi connectivity index (χ2v) is 8.06. The van der Waals surface area contributed by atoms with Crippen LogP contribution < -0.4 is 0 Å². The fourth-order valence-corrected chi connectivity index (χ4v) is 2.94. The van der Waals surface area contributed by atoms with Gasteiger partial charge in [-0.1, -0.05) is 50.8 Å². The first-order valence-corrected chi connectivity index (χ1v) is 11.1. The van der Waals surface area contributed by atoms with Crippen molar-refractivity contribution in [2.45, 2.75) is 103 Å². The average Bonchev–Trinajstić information content (AvgIpc) is 3.37. The van der Waals surface area contributed by atoms with Crippen molar-refractivity contribution >= 4 is 5.97 Å². The summed E-state index contributed by atoms with van der Waals surface area (Å²) in [4.78, 5) is 10.6. The smallest absolute Gasteiger partial charge is 0.330 e. The second-order valence-electron chi connectivity index (χ2n) is 8.06. The van der Waals surface area contributed by atoms with E-state index in [0.29, 0.717) is 6.10 Å². The SMILES string of the molecule is C#CC(C)(C)O.CCC1CCC2(CCCO2)O1.CCCCC/C=C/C=C/C(=O)OC. The number of rotatable bonds is 7. The van der Waals surface area contributed by atoms with Crippen LogP contribution in [0.1, 0.15) is 85.5 Å². The van der Waals surface area contributed by atoms with Crippen molar-refractivity contribution in [1.29, 1.82) is 0 Å². The summed E-state index contributed by atoms with van der Waals surface area (Å²) in [6.07, 6.45) is 22.9. The van der Waals surface area contributed by atoms with Crippen LogP contribution in [0.15, 0.2) is 24.3 Å². The van der Waals surface area contributed by atoms with Gasteiger partial charge in [0.25, 0.3) is 0 Å². The molecular weight excluding hydrogens is 380 g/mol. The Kier molecular flexibility index (Phi) is 15.3. The second kappa shape index (κ2) is 16.1. The van der Waals surface area contributed by atoms with Gasteiger partial charge in [0.05, 0.1) is 19.8 Å². The number of hydrogen-bond donors (Lipinski definition) is 1. The molecular formula is C25H42O5. The van der Waals surface area contributed by atoms with Gasteiger partial charge in [-0.3, -0.25) is 0 Å². The maximum atomic E-state index is 10.6. The fourth-order valence-electron chi connectivity index (χ4n) is 2.94. The highest BCUT2D eigenvalue weighted by molar-refractivity contribution is 5.82. The van der Waals surface area contributed by atoms with Crippen LogP contribution in [0.5, 0.6) is 0 Å². The number of aliphatic hydroxyl groups is 1. The van der Waals surface area contributed by atoms with Gasteiger partial charge in [-0.2, -0.15) is 0 Å². The maximum absolute atomic E-state index is 10.6. The molecule has 2 rings (SSSR count). The van der Waals surface area contributed by atoms with Crippen molar-refractivity contribution in [1.82, 2.24) is 0 Å². The predicted octanol–water partition coefficient (Wildman–Crippen LogP) is 5.32. The number of terminal acetylenes is 1. The highest BCUT2D eigenvalue weighted by atomic mass is 16.7. The van der Waals surface area contributed by atoms with E-state index < -0.39 is 5.60 Å². The van der Waals surface area contributed by atoms with Gasteiger partial charge in [0.1, 0.15) is 5.60 Å². The van der Waals surface area contributed by atoms with Crippen LogP contribution in [0.3, 0.4) is 0 Å². The van der Waals surface area contributed by atoms with Crippen molar-refractivity contribution < 1.29 is 24.1 Å². The number of carbonyl (C=O) groups is 1. The minimum absolute atomic E-state index is 0.138. The summed E-state index contributed by atoms with van der Waals surface area (Å²) in [5.74, 6) is 1.71. The van der Waals surface area contributed by atoms with Crippen molar-refractivity contribution in [3.05, 3.63) is 24.3 Å². The topological polar surface area (TPSA) is 65.0 Å². The van der Waals surface area contributed by atoms with E-state index in [-0.39, 0.29) is 11.8 Å². The van der Waals surface area contributed by atoms with Crippen molar-refractivity contribution in [3.8, 4) is 12.3 Å².